The lowest BCUT2D eigenvalue weighted by Crippen LogP contribution is -2.00. The average molecular weight is 386 g/mol. The van der Waals surface area contributed by atoms with Crippen molar-refractivity contribution in [2.75, 3.05) is 6.26 Å². The highest BCUT2D eigenvalue weighted by Crippen LogP contribution is 2.46. The van der Waals surface area contributed by atoms with Crippen LogP contribution in [0.15, 0.2) is 29.2 Å². The number of nitriles is 1. The minimum absolute atomic E-state index is 0.285. The number of benzene rings is 2. The molecule has 1 saturated carbocycles. The lowest BCUT2D eigenvalue weighted by molar-refractivity contribution is 0.601. The van der Waals surface area contributed by atoms with Crippen molar-refractivity contribution in [1.29, 1.82) is 5.26 Å². The van der Waals surface area contributed by atoms with E-state index < -0.39 is 9.84 Å². The van der Waals surface area contributed by atoms with Crippen LogP contribution in [0.2, 0.25) is 5.02 Å². The van der Waals surface area contributed by atoms with E-state index in [0.29, 0.717) is 27.6 Å². The van der Waals surface area contributed by atoms with Crippen molar-refractivity contribution in [3.05, 3.63) is 46.1 Å². The van der Waals surface area contributed by atoms with Crippen LogP contribution in [0.3, 0.4) is 0 Å². The van der Waals surface area contributed by atoms with E-state index in [2.05, 4.69) is 16.3 Å². The molecule has 0 bridgehead atoms. The van der Waals surface area contributed by atoms with Gasteiger partial charge in [-0.25, -0.2) is 8.42 Å². The topological polar surface area (TPSA) is 86.6 Å². The SMILES string of the molecule is Cc1cc(-c2c(C#N)c(Cl)cc3[nH]nc(C4CC4)c23)ccc1S(C)(=O)=O. The summed E-state index contributed by atoms with van der Waals surface area (Å²) in [5, 5.41) is 18.4. The van der Waals surface area contributed by atoms with Gasteiger partial charge in [0.05, 0.1) is 26.7 Å². The molecule has 1 fully saturated rings. The zero-order chi connectivity index (χ0) is 18.6. The van der Waals surface area contributed by atoms with Crippen molar-refractivity contribution < 1.29 is 8.42 Å². The molecule has 0 spiro atoms. The van der Waals surface area contributed by atoms with Crippen LogP contribution in [0.4, 0.5) is 0 Å². The molecule has 0 saturated heterocycles. The molecule has 2 aromatic carbocycles. The van der Waals surface area contributed by atoms with Gasteiger partial charge < -0.3 is 0 Å². The van der Waals surface area contributed by atoms with Gasteiger partial charge in [0.25, 0.3) is 0 Å². The Morgan fingerprint density at radius 2 is 2.04 bits per heavy atom. The number of aromatic amines is 1. The molecular weight excluding hydrogens is 370 g/mol. The summed E-state index contributed by atoms with van der Waals surface area (Å²) in [5.41, 5.74) is 4.24. The molecule has 5 nitrogen and oxygen atoms in total. The highest BCUT2D eigenvalue weighted by atomic mass is 35.5. The molecule has 26 heavy (non-hydrogen) atoms. The standard InChI is InChI=1S/C19H16ClN3O2S/c1-10-7-12(5-6-16(10)26(2,24)25)17-13(9-21)14(20)8-15-18(17)19(23-22-15)11-3-4-11/h5-8,11H,3-4H2,1-2H3,(H,22,23). The number of nitrogens with one attached hydrogen (secondary N) is 1. The predicted molar refractivity (Wildman–Crippen MR) is 101 cm³/mol. The fourth-order valence-electron chi connectivity index (χ4n) is 3.45. The second kappa shape index (κ2) is 5.83. The van der Waals surface area contributed by atoms with Crippen molar-refractivity contribution in [2.24, 2.45) is 0 Å². The minimum atomic E-state index is -3.31. The molecule has 0 unspecified atom stereocenters. The van der Waals surface area contributed by atoms with Crippen LogP contribution in [0.25, 0.3) is 22.0 Å². The summed E-state index contributed by atoms with van der Waals surface area (Å²) in [6.45, 7) is 1.75. The molecule has 1 aliphatic carbocycles. The highest BCUT2D eigenvalue weighted by molar-refractivity contribution is 7.90. The van der Waals surface area contributed by atoms with E-state index in [4.69, 9.17) is 11.6 Å². The summed E-state index contributed by atoms with van der Waals surface area (Å²) in [4.78, 5) is 0.285. The predicted octanol–water partition coefficient (Wildman–Crippen LogP) is 4.34. The first-order valence-electron chi connectivity index (χ1n) is 8.23. The third-order valence-electron chi connectivity index (χ3n) is 4.77. The Hall–Kier alpha value is -2.36. The smallest absolute Gasteiger partial charge is 0.175 e. The molecule has 0 atom stereocenters. The number of halogens is 1. The summed E-state index contributed by atoms with van der Waals surface area (Å²) in [6, 6.07) is 9.06. The Morgan fingerprint density at radius 1 is 1.31 bits per heavy atom. The van der Waals surface area contributed by atoms with Crippen molar-refractivity contribution in [3.63, 3.8) is 0 Å². The van der Waals surface area contributed by atoms with E-state index in [0.717, 1.165) is 35.0 Å². The number of sulfone groups is 1. The third-order valence-corrected chi connectivity index (χ3v) is 6.33. The van der Waals surface area contributed by atoms with E-state index >= 15 is 0 Å². The van der Waals surface area contributed by atoms with Gasteiger partial charge in [-0.05, 0) is 43.0 Å². The van der Waals surface area contributed by atoms with Crippen molar-refractivity contribution in [3.8, 4) is 17.2 Å². The number of rotatable bonds is 3. The van der Waals surface area contributed by atoms with Crippen LogP contribution in [-0.2, 0) is 9.84 Å². The Kier molecular flexibility index (Phi) is 3.83. The van der Waals surface area contributed by atoms with E-state index in [1.807, 2.05) is 0 Å². The van der Waals surface area contributed by atoms with Crippen LogP contribution in [0, 0.1) is 18.3 Å². The van der Waals surface area contributed by atoms with E-state index in [1.165, 1.54) is 6.26 Å². The van der Waals surface area contributed by atoms with Gasteiger partial charge in [0.15, 0.2) is 9.84 Å². The molecule has 0 amide bonds. The lowest BCUT2D eigenvalue weighted by Gasteiger charge is -2.12. The van der Waals surface area contributed by atoms with Gasteiger partial charge >= 0.3 is 0 Å². The van der Waals surface area contributed by atoms with E-state index in [-0.39, 0.29) is 4.90 Å². The summed E-state index contributed by atoms with van der Waals surface area (Å²) in [5.74, 6) is 0.395. The molecule has 4 rings (SSSR count). The largest absolute Gasteiger partial charge is 0.277 e. The Labute approximate surface area is 156 Å². The van der Waals surface area contributed by atoms with Gasteiger partial charge in [-0.2, -0.15) is 10.4 Å². The van der Waals surface area contributed by atoms with Gasteiger partial charge in [-0.1, -0.05) is 23.7 Å². The normalized spacial score (nSPS) is 14.5. The monoisotopic (exact) mass is 385 g/mol. The summed E-state index contributed by atoms with van der Waals surface area (Å²) < 4.78 is 23.8. The third kappa shape index (κ3) is 2.68. The average Bonchev–Trinajstić information content (AvgIpc) is 3.32. The molecule has 1 aromatic heterocycles. The van der Waals surface area contributed by atoms with Crippen LogP contribution >= 0.6 is 11.6 Å². The Balaban J connectivity index is 2.06. The fraction of sp³-hybridized carbons (Fsp3) is 0.263. The van der Waals surface area contributed by atoms with Gasteiger partial charge in [-0.3, -0.25) is 5.10 Å². The summed E-state index contributed by atoms with van der Waals surface area (Å²) in [6.07, 6.45) is 3.35. The molecule has 0 radical (unpaired) electrons. The number of fused-ring (bicyclic) bond motifs is 1. The zero-order valence-corrected chi connectivity index (χ0v) is 15.9. The quantitative estimate of drug-likeness (QED) is 0.726. The fourth-order valence-corrected chi connectivity index (χ4v) is 4.66. The molecule has 7 heteroatoms. The maximum absolute atomic E-state index is 11.9. The number of hydrogen-bond acceptors (Lipinski definition) is 4. The maximum atomic E-state index is 11.9. The minimum Gasteiger partial charge on any atom is -0.277 e. The first-order chi connectivity index (χ1) is 12.3. The van der Waals surface area contributed by atoms with Gasteiger partial charge in [-0.15, -0.1) is 0 Å². The Bertz CT molecular complexity index is 1200. The summed E-state index contributed by atoms with van der Waals surface area (Å²) in [7, 11) is -3.31. The number of aromatic nitrogens is 2. The van der Waals surface area contributed by atoms with Crippen molar-refractivity contribution in [1.82, 2.24) is 10.2 Å². The second-order valence-electron chi connectivity index (χ2n) is 6.78. The number of nitrogens with zero attached hydrogens (tertiary/aromatic N) is 2. The molecule has 1 heterocycles. The number of hydrogen-bond donors (Lipinski definition) is 1. The van der Waals surface area contributed by atoms with Crippen LogP contribution in [0.1, 0.15) is 35.6 Å². The van der Waals surface area contributed by atoms with E-state index in [9.17, 15) is 13.7 Å². The van der Waals surface area contributed by atoms with Gasteiger partial charge in [0.2, 0.25) is 0 Å². The molecule has 3 aromatic rings. The van der Waals surface area contributed by atoms with Crippen LogP contribution in [0.5, 0.6) is 0 Å². The van der Waals surface area contributed by atoms with E-state index in [1.54, 1.807) is 31.2 Å². The van der Waals surface area contributed by atoms with Gasteiger partial charge in [0, 0.05) is 23.1 Å². The first-order valence-corrected chi connectivity index (χ1v) is 10.5. The molecule has 1 aliphatic rings. The van der Waals surface area contributed by atoms with Gasteiger partial charge in [0.1, 0.15) is 6.07 Å². The zero-order valence-electron chi connectivity index (χ0n) is 14.3. The Morgan fingerprint density at radius 3 is 2.62 bits per heavy atom. The molecule has 132 valence electrons. The molecule has 0 aliphatic heterocycles. The van der Waals surface area contributed by atoms with Crippen molar-refractivity contribution >= 4 is 32.3 Å². The summed E-state index contributed by atoms with van der Waals surface area (Å²) >= 11 is 6.34. The highest BCUT2D eigenvalue weighted by Gasteiger charge is 2.30. The lowest BCUT2D eigenvalue weighted by atomic mass is 9.93. The van der Waals surface area contributed by atoms with Crippen molar-refractivity contribution in [2.45, 2.75) is 30.6 Å². The first kappa shape index (κ1) is 17.1. The second-order valence-corrected chi connectivity index (χ2v) is 9.17. The number of H-pyrrole nitrogens is 1. The van der Waals surface area contributed by atoms with Crippen LogP contribution < -0.4 is 0 Å². The molecule has 1 N–H and O–H groups in total. The van der Waals surface area contributed by atoms with Crippen LogP contribution in [-0.4, -0.2) is 24.9 Å². The maximum Gasteiger partial charge on any atom is 0.175 e. The molecular formula is C19H16ClN3O2S. The number of aryl methyl sites for hydroxylation is 1.